The van der Waals surface area contributed by atoms with Gasteiger partial charge < -0.3 is 9.80 Å². The minimum Gasteiger partial charge on any atom is -0.334 e. The number of aryl methyl sites for hydroxylation is 1. The first-order valence-corrected chi connectivity index (χ1v) is 7.96. The Balaban J connectivity index is 1.87. The molecule has 1 aliphatic rings. The summed E-state index contributed by atoms with van der Waals surface area (Å²) in [5.41, 5.74) is 2.21. The van der Waals surface area contributed by atoms with Gasteiger partial charge in [-0.25, -0.2) is 9.97 Å². The van der Waals surface area contributed by atoms with E-state index in [1.807, 2.05) is 35.2 Å². The average Bonchev–Trinajstić information content (AvgIpc) is 2.61. The highest BCUT2D eigenvalue weighted by molar-refractivity contribution is 5.95. The Morgan fingerprint density at radius 3 is 2.58 bits per heavy atom. The van der Waals surface area contributed by atoms with Gasteiger partial charge in [-0.3, -0.25) is 9.59 Å². The highest BCUT2D eigenvalue weighted by Gasteiger charge is 2.32. The van der Waals surface area contributed by atoms with E-state index in [9.17, 15) is 9.59 Å². The van der Waals surface area contributed by atoms with Crippen molar-refractivity contribution in [3.8, 4) is 0 Å². The van der Waals surface area contributed by atoms with Gasteiger partial charge in [0, 0.05) is 32.8 Å². The summed E-state index contributed by atoms with van der Waals surface area (Å²) in [7, 11) is 0. The topological polar surface area (TPSA) is 66.4 Å². The second-order valence-corrected chi connectivity index (χ2v) is 5.91. The quantitative estimate of drug-likeness (QED) is 0.845. The number of benzene rings is 1. The summed E-state index contributed by atoms with van der Waals surface area (Å²) in [6.07, 6.45) is 2.99. The molecular weight excluding hydrogens is 304 g/mol. The molecule has 1 aromatic carbocycles. The van der Waals surface area contributed by atoms with Crippen LogP contribution in [0.1, 0.15) is 34.6 Å². The van der Waals surface area contributed by atoms with Crippen LogP contribution in [0.15, 0.2) is 42.9 Å². The third-order valence-corrected chi connectivity index (χ3v) is 4.40. The Labute approximate surface area is 141 Å². The highest BCUT2D eigenvalue weighted by Crippen LogP contribution is 2.26. The normalized spacial score (nSPS) is 17.7. The molecular formula is C18H20N4O2. The smallest absolute Gasteiger partial charge is 0.257 e. The number of amides is 2. The third-order valence-electron chi connectivity index (χ3n) is 4.40. The lowest BCUT2D eigenvalue weighted by molar-refractivity contribution is -0.133. The van der Waals surface area contributed by atoms with Gasteiger partial charge >= 0.3 is 0 Å². The molecule has 2 heterocycles. The number of hydrogen-bond acceptors (Lipinski definition) is 4. The van der Waals surface area contributed by atoms with E-state index >= 15 is 0 Å². The molecule has 6 nitrogen and oxygen atoms in total. The largest absolute Gasteiger partial charge is 0.334 e. The van der Waals surface area contributed by atoms with Gasteiger partial charge in [-0.1, -0.05) is 30.3 Å². The molecule has 0 N–H and O–H groups in total. The van der Waals surface area contributed by atoms with Crippen LogP contribution in [0.25, 0.3) is 0 Å². The molecule has 2 amide bonds. The zero-order valence-electron chi connectivity index (χ0n) is 13.8. The average molecular weight is 324 g/mol. The van der Waals surface area contributed by atoms with Crippen molar-refractivity contribution in [2.45, 2.75) is 19.9 Å². The Morgan fingerprint density at radius 2 is 1.92 bits per heavy atom. The molecule has 0 bridgehead atoms. The summed E-state index contributed by atoms with van der Waals surface area (Å²) in [6, 6.07) is 9.69. The monoisotopic (exact) mass is 324 g/mol. The molecule has 0 radical (unpaired) electrons. The van der Waals surface area contributed by atoms with E-state index in [2.05, 4.69) is 9.97 Å². The van der Waals surface area contributed by atoms with Gasteiger partial charge in [0.05, 0.1) is 17.3 Å². The van der Waals surface area contributed by atoms with Crippen LogP contribution in [-0.4, -0.2) is 51.2 Å². The molecule has 124 valence electrons. The van der Waals surface area contributed by atoms with Crippen LogP contribution in [-0.2, 0) is 4.79 Å². The van der Waals surface area contributed by atoms with E-state index in [1.165, 1.54) is 6.33 Å². The lowest BCUT2D eigenvalue weighted by atomic mass is 10.0. The summed E-state index contributed by atoms with van der Waals surface area (Å²) in [4.78, 5) is 36.5. The number of hydrogen-bond donors (Lipinski definition) is 0. The predicted molar refractivity (Wildman–Crippen MR) is 89.2 cm³/mol. The Morgan fingerprint density at radius 1 is 1.17 bits per heavy atom. The van der Waals surface area contributed by atoms with E-state index in [0.717, 1.165) is 5.56 Å². The fourth-order valence-corrected chi connectivity index (χ4v) is 3.08. The molecule has 6 heteroatoms. The van der Waals surface area contributed by atoms with Crippen molar-refractivity contribution < 1.29 is 9.59 Å². The molecule has 1 atom stereocenters. The number of rotatable bonds is 2. The fraction of sp³-hybridized carbons (Fsp3) is 0.333. The summed E-state index contributed by atoms with van der Waals surface area (Å²) in [6.45, 7) is 4.87. The Bertz CT molecular complexity index is 748. The number of carbonyl (C=O) groups excluding carboxylic acids is 2. The van der Waals surface area contributed by atoms with Crippen LogP contribution in [0.4, 0.5) is 0 Å². The first-order valence-electron chi connectivity index (χ1n) is 7.96. The van der Waals surface area contributed by atoms with E-state index in [-0.39, 0.29) is 17.9 Å². The van der Waals surface area contributed by atoms with Crippen molar-refractivity contribution in [3.05, 3.63) is 59.7 Å². The molecule has 1 fully saturated rings. The molecule has 1 saturated heterocycles. The van der Waals surface area contributed by atoms with Crippen LogP contribution >= 0.6 is 0 Å². The van der Waals surface area contributed by atoms with Gasteiger partial charge in [0.2, 0.25) is 5.91 Å². The van der Waals surface area contributed by atoms with Crippen LogP contribution < -0.4 is 0 Å². The molecule has 1 aliphatic heterocycles. The molecule has 0 spiro atoms. The van der Waals surface area contributed by atoms with Gasteiger partial charge in [0.1, 0.15) is 6.33 Å². The van der Waals surface area contributed by atoms with Gasteiger partial charge in [-0.05, 0) is 12.5 Å². The van der Waals surface area contributed by atoms with Gasteiger partial charge in [-0.2, -0.15) is 0 Å². The third kappa shape index (κ3) is 3.13. The second kappa shape index (κ2) is 6.78. The van der Waals surface area contributed by atoms with E-state index < -0.39 is 0 Å². The van der Waals surface area contributed by atoms with Crippen molar-refractivity contribution >= 4 is 11.8 Å². The maximum absolute atomic E-state index is 12.8. The van der Waals surface area contributed by atoms with Crippen LogP contribution in [0.3, 0.4) is 0 Å². The van der Waals surface area contributed by atoms with Gasteiger partial charge in [0.25, 0.3) is 5.91 Å². The summed E-state index contributed by atoms with van der Waals surface area (Å²) >= 11 is 0. The second-order valence-electron chi connectivity index (χ2n) is 5.91. The Hall–Kier alpha value is -2.76. The molecule has 0 saturated carbocycles. The maximum Gasteiger partial charge on any atom is 0.257 e. The lowest BCUT2D eigenvalue weighted by Crippen LogP contribution is -2.52. The summed E-state index contributed by atoms with van der Waals surface area (Å²) in [5, 5.41) is 0. The molecule has 24 heavy (non-hydrogen) atoms. The van der Waals surface area contributed by atoms with Crippen molar-refractivity contribution in [1.29, 1.82) is 0 Å². The van der Waals surface area contributed by atoms with Crippen molar-refractivity contribution in [2.75, 3.05) is 19.6 Å². The number of carbonyl (C=O) groups is 2. The van der Waals surface area contributed by atoms with E-state index in [1.54, 1.807) is 24.9 Å². The standard InChI is InChI=1S/C18H20N4O2/c1-13-16(10-19-12-20-13)18(24)21-8-9-22(14(2)23)17(11-21)15-6-4-3-5-7-15/h3-7,10,12,17H,8-9,11H2,1-2H3/t17-/m1/s1. The molecule has 0 unspecified atom stereocenters. The number of aromatic nitrogens is 2. The molecule has 0 aliphatic carbocycles. The summed E-state index contributed by atoms with van der Waals surface area (Å²) < 4.78 is 0. The van der Waals surface area contributed by atoms with Gasteiger partial charge in [-0.15, -0.1) is 0 Å². The minimum absolute atomic E-state index is 0.0233. The van der Waals surface area contributed by atoms with Crippen molar-refractivity contribution in [2.24, 2.45) is 0 Å². The van der Waals surface area contributed by atoms with Crippen molar-refractivity contribution in [3.63, 3.8) is 0 Å². The van der Waals surface area contributed by atoms with Crippen LogP contribution in [0, 0.1) is 6.92 Å². The van der Waals surface area contributed by atoms with Crippen LogP contribution in [0.5, 0.6) is 0 Å². The molecule has 1 aromatic heterocycles. The molecule has 2 aromatic rings. The van der Waals surface area contributed by atoms with Crippen molar-refractivity contribution in [1.82, 2.24) is 19.8 Å². The van der Waals surface area contributed by atoms with E-state index in [0.29, 0.717) is 30.9 Å². The highest BCUT2D eigenvalue weighted by atomic mass is 16.2. The Kier molecular flexibility index (Phi) is 4.55. The first kappa shape index (κ1) is 16.1. The fourth-order valence-electron chi connectivity index (χ4n) is 3.08. The van der Waals surface area contributed by atoms with Gasteiger partial charge in [0.15, 0.2) is 0 Å². The zero-order valence-corrected chi connectivity index (χ0v) is 13.8. The van der Waals surface area contributed by atoms with E-state index in [4.69, 9.17) is 0 Å². The summed E-state index contributed by atoms with van der Waals surface area (Å²) in [5.74, 6) is -0.0626. The van der Waals surface area contributed by atoms with Crippen LogP contribution in [0.2, 0.25) is 0 Å². The number of piperazine rings is 1. The SMILES string of the molecule is CC(=O)N1CCN(C(=O)c2cncnc2C)C[C@@H]1c1ccccc1. The predicted octanol–water partition coefficient (Wildman–Crippen LogP) is 1.83. The first-order chi connectivity index (χ1) is 11.6. The minimum atomic E-state index is -0.133. The number of nitrogens with zero attached hydrogens (tertiary/aromatic N) is 4. The lowest BCUT2D eigenvalue weighted by Gasteiger charge is -2.41. The maximum atomic E-state index is 12.8. The molecule has 3 rings (SSSR count). The zero-order chi connectivity index (χ0) is 17.1.